The van der Waals surface area contributed by atoms with Crippen LogP contribution in [0.1, 0.15) is 40.2 Å². The van der Waals surface area contributed by atoms with Gasteiger partial charge in [-0.25, -0.2) is 0 Å². The van der Waals surface area contributed by atoms with E-state index in [1.54, 1.807) is 0 Å². The van der Waals surface area contributed by atoms with E-state index < -0.39 is 5.54 Å². The molecule has 0 unspecified atom stereocenters. The normalized spacial score (nSPS) is 12.5. The Morgan fingerprint density at radius 3 is 2.56 bits per heavy atom. The monoisotopic (exact) mass is 252 g/mol. The first kappa shape index (κ1) is 14.8. The summed E-state index contributed by atoms with van der Waals surface area (Å²) < 4.78 is 5.05. The lowest BCUT2D eigenvalue weighted by molar-refractivity contribution is -0.149. The van der Waals surface area contributed by atoms with Gasteiger partial charge in [-0.2, -0.15) is 0 Å². The number of aromatic amines is 1. The van der Waals surface area contributed by atoms with Gasteiger partial charge in [0.2, 0.25) is 0 Å². The number of hydrogen-bond acceptors (Lipinski definition) is 3. The summed E-state index contributed by atoms with van der Waals surface area (Å²) in [7, 11) is 0. The van der Waals surface area contributed by atoms with Gasteiger partial charge in [0, 0.05) is 24.4 Å². The summed E-state index contributed by atoms with van der Waals surface area (Å²) in [6, 6.07) is 2.05. The molecule has 0 aliphatic heterocycles. The molecule has 0 aromatic carbocycles. The molecule has 0 aliphatic carbocycles. The maximum atomic E-state index is 11.8. The van der Waals surface area contributed by atoms with E-state index in [9.17, 15) is 4.79 Å². The van der Waals surface area contributed by atoms with Crippen LogP contribution in [-0.4, -0.2) is 29.6 Å². The van der Waals surface area contributed by atoms with Gasteiger partial charge in [0.25, 0.3) is 0 Å². The number of rotatable bonds is 6. The van der Waals surface area contributed by atoms with Crippen LogP contribution in [-0.2, 0) is 14.9 Å². The fraction of sp³-hybridized carbons (Fsp3) is 0.643. The van der Waals surface area contributed by atoms with Gasteiger partial charge in [-0.05, 0) is 32.4 Å². The van der Waals surface area contributed by atoms with Crippen molar-refractivity contribution in [3.8, 4) is 0 Å². The average Bonchev–Trinajstić information content (AvgIpc) is 2.81. The molecule has 4 nitrogen and oxygen atoms in total. The molecular formula is C14H24N2O2. The van der Waals surface area contributed by atoms with Crippen molar-refractivity contribution in [1.82, 2.24) is 10.3 Å². The minimum atomic E-state index is -0.663. The zero-order valence-electron chi connectivity index (χ0n) is 12.0. The second-order valence-electron chi connectivity index (χ2n) is 5.68. The summed E-state index contributed by atoms with van der Waals surface area (Å²) >= 11 is 0. The van der Waals surface area contributed by atoms with Crippen LogP contribution in [0, 0.1) is 0 Å². The van der Waals surface area contributed by atoms with Gasteiger partial charge in [0.05, 0.1) is 6.61 Å². The number of ether oxygens (including phenoxy) is 1. The number of esters is 1. The van der Waals surface area contributed by atoms with Gasteiger partial charge in [-0.3, -0.25) is 4.79 Å². The number of H-pyrrole nitrogens is 1. The Labute approximate surface area is 109 Å². The molecule has 2 N–H and O–H groups in total. The van der Waals surface area contributed by atoms with Crippen molar-refractivity contribution >= 4 is 5.97 Å². The van der Waals surface area contributed by atoms with E-state index in [4.69, 9.17) is 4.74 Å². The van der Waals surface area contributed by atoms with Crippen LogP contribution in [0.4, 0.5) is 0 Å². The smallest absolute Gasteiger partial charge is 0.325 e. The molecule has 1 aromatic heterocycles. The van der Waals surface area contributed by atoms with Gasteiger partial charge in [-0.1, -0.05) is 13.8 Å². The van der Waals surface area contributed by atoms with Crippen LogP contribution >= 0.6 is 0 Å². The molecule has 0 spiro atoms. The molecule has 4 heteroatoms. The number of carbonyl (C=O) groups is 1. The topological polar surface area (TPSA) is 54.1 Å². The van der Waals surface area contributed by atoms with Crippen molar-refractivity contribution in [1.29, 1.82) is 0 Å². The van der Waals surface area contributed by atoms with Gasteiger partial charge >= 0.3 is 5.97 Å². The first-order valence-electron chi connectivity index (χ1n) is 6.35. The van der Waals surface area contributed by atoms with Crippen LogP contribution in [0.5, 0.6) is 0 Å². The van der Waals surface area contributed by atoms with Gasteiger partial charge in [0.1, 0.15) is 5.54 Å². The zero-order chi connectivity index (χ0) is 13.8. The van der Waals surface area contributed by atoms with E-state index in [1.807, 2.05) is 33.2 Å². The van der Waals surface area contributed by atoms with Crippen molar-refractivity contribution in [2.75, 3.05) is 13.2 Å². The second-order valence-corrected chi connectivity index (χ2v) is 5.68. The molecule has 0 atom stereocenters. The first-order chi connectivity index (χ1) is 8.29. The second kappa shape index (κ2) is 5.57. The van der Waals surface area contributed by atoms with Crippen molar-refractivity contribution < 1.29 is 9.53 Å². The molecule has 102 valence electrons. The van der Waals surface area contributed by atoms with Crippen molar-refractivity contribution in [2.24, 2.45) is 0 Å². The molecule has 18 heavy (non-hydrogen) atoms. The third-order valence-corrected chi connectivity index (χ3v) is 3.14. The Kier molecular flexibility index (Phi) is 4.57. The van der Waals surface area contributed by atoms with Crippen molar-refractivity contribution in [3.05, 3.63) is 24.0 Å². The van der Waals surface area contributed by atoms with Crippen LogP contribution < -0.4 is 5.32 Å². The number of nitrogens with one attached hydrogen (secondary N) is 2. The van der Waals surface area contributed by atoms with E-state index in [-0.39, 0.29) is 11.4 Å². The summed E-state index contributed by atoms with van der Waals surface area (Å²) in [6.07, 6.45) is 3.90. The molecule has 0 saturated carbocycles. The SMILES string of the molecule is CCOC(=O)C(C)(C)NCC(C)(C)c1cc[nH]c1. The standard InChI is InChI=1S/C14H24N2O2/c1-6-18-12(17)14(4,5)16-10-13(2,3)11-7-8-15-9-11/h7-9,15-16H,6,10H2,1-5H3. The molecule has 1 rings (SSSR count). The largest absolute Gasteiger partial charge is 0.465 e. The molecule has 1 aromatic rings. The lowest BCUT2D eigenvalue weighted by Crippen LogP contribution is -2.51. The summed E-state index contributed by atoms with van der Waals surface area (Å²) in [6.45, 7) is 10.9. The lowest BCUT2D eigenvalue weighted by atomic mass is 9.85. The molecule has 1 heterocycles. The van der Waals surface area contributed by atoms with E-state index in [0.717, 1.165) is 0 Å². The number of aromatic nitrogens is 1. The summed E-state index contributed by atoms with van der Waals surface area (Å²) in [5.41, 5.74) is 0.516. The van der Waals surface area contributed by atoms with Gasteiger partial charge < -0.3 is 15.0 Å². The highest BCUT2D eigenvalue weighted by molar-refractivity contribution is 5.79. The number of carbonyl (C=O) groups excluding carboxylic acids is 1. The highest BCUT2D eigenvalue weighted by Gasteiger charge is 2.31. The molecule has 0 radical (unpaired) electrons. The lowest BCUT2D eigenvalue weighted by Gasteiger charge is -2.31. The highest BCUT2D eigenvalue weighted by atomic mass is 16.5. The Morgan fingerprint density at radius 2 is 2.06 bits per heavy atom. The fourth-order valence-corrected chi connectivity index (χ4v) is 1.67. The van der Waals surface area contributed by atoms with Crippen LogP contribution in [0.2, 0.25) is 0 Å². The molecule has 0 amide bonds. The zero-order valence-corrected chi connectivity index (χ0v) is 12.0. The summed E-state index contributed by atoms with van der Waals surface area (Å²) in [5.74, 6) is -0.213. The van der Waals surface area contributed by atoms with Crippen LogP contribution in [0.15, 0.2) is 18.5 Å². The quantitative estimate of drug-likeness (QED) is 0.763. The van der Waals surface area contributed by atoms with Crippen LogP contribution in [0.3, 0.4) is 0 Å². The van der Waals surface area contributed by atoms with Crippen molar-refractivity contribution in [3.63, 3.8) is 0 Å². The predicted octanol–water partition coefficient (Wildman–Crippen LogP) is 2.22. The van der Waals surface area contributed by atoms with Gasteiger partial charge in [0.15, 0.2) is 0 Å². The highest BCUT2D eigenvalue weighted by Crippen LogP contribution is 2.22. The van der Waals surface area contributed by atoms with E-state index in [0.29, 0.717) is 13.2 Å². The predicted molar refractivity (Wildman–Crippen MR) is 72.5 cm³/mol. The molecular weight excluding hydrogens is 228 g/mol. The minimum Gasteiger partial charge on any atom is -0.465 e. The Morgan fingerprint density at radius 1 is 1.39 bits per heavy atom. The molecule has 0 fully saturated rings. The van der Waals surface area contributed by atoms with Crippen LogP contribution in [0.25, 0.3) is 0 Å². The first-order valence-corrected chi connectivity index (χ1v) is 6.35. The van der Waals surface area contributed by atoms with E-state index >= 15 is 0 Å². The fourth-order valence-electron chi connectivity index (χ4n) is 1.67. The molecule has 0 bridgehead atoms. The maximum Gasteiger partial charge on any atom is 0.325 e. The van der Waals surface area contributed by atoms with E-state index in [2.05, 4.69) is 30.2 Å². The van der Waals surface area contributed by atoms with Gasteiger partial charge in [-0.15, -0.1) is 0 Å². The Balaban J connectivity index is 2.61. The maximum absolute atomic E-state index is 11.8. The third kappa shape index (κ3) is 3.60. The minimum absolute atomic E-state index is 0.0379. The summed E-state index contributed by atoms with van der Waals surface area (Å²) in [5, 5.41) is 3.28. The molecule has 0 aliphatic rings. The Bertz CT molecular complexity index is 381. The van der Waals surface area contributed by atoms with Crippen molar-refractivity contribution in [2.45, 2.75) is 45.6 Å². The molecule has 0 saturated heterocycles. The summed E-state index contributed by atoms with van der Waals surface area (Å²) in [4.78, 5) is 14.8. The third-order valence-electron chi connectivity index (χ3n) is 3.14. The Hall–Kier alpha value is -1.29. The number of hydrogen-bond donors (Lipinski definition) is 2. The van der Waals surface area contributed by atoms with E-state index in [1.165, 1.54) is 5.56 Å². The average molecular weight is 252 g/mol.